The molecule has 0 aliphatic carbocycles. The Labute approximate surface area is 117 Å². The fourth-order valence-corrected chi connectivity index (χ4v) is 2.59. The van der Waals surface area contributed by atoms with E-state index >= 15 is 0 Å². The molecule has 1 N–H and O–H groups in total. The van der Waals surface area contributed by atoms with Crippen LogP contribution in [0.3, 0.4) is 0 Å². The summed E-state index contributed by atoms with van der Waals surface area (Å²) in [6, 6.07) is 6.85. The Hall–Kier alpha value is -0.860. The van der Waals surface area contributed by atoms with Crippen LogP contribution in [0.5, 0.6) is 0 Å². The van der Waals surface area contributed by atoms with Crippen molar-refractivity contribution in [2.75, 3.05) is 13.1 Å². The third-order valence-electron chi connectivity index (χ3n) is 4.10. The zero-order valence-electron chi connectivity index (χ0n) is 12.6. The highest BCUT2D eigenvalue weighted by molar-refractivity contribution is 5.33. The molecule has 1 aromatic rings. The van der Waals surface area contributed by atoms with Gasteiger partial charge in [-0.2, -0.15) is 0 Å². The number of hydrogen-bond donors (Lipinski definition) is 1. The fraction of sp³-hybridized carbons (Fsp3) is 0.647. The zero-order valence-corrected chi connectivity index (χ0v) is 12.6. The maximum absolute atomic E-state index is 5.47. The molecule has 1 aromatic carbocycles. The van der Waals surface area contributed by atoms with Crippen molar-refractivity contribution in [1.82, 2.24) is 5.32 Å². The number of ether oxygens (including phenoxy) is 1. The van der Waals surface area contributed by atoms with Crippen LogP contribution in [0.25, 0.3) is 0 Å². The monoisotopic (exact) mass is 261 g/mol. The normalized spacial score (nSPS) is 14.7. The second-order valence-electron chi connectivity index (χ2n) is 6.36. The number of fused-ring (bicyclic) bond motifs is 1. The summed E-state index contributed by atoms with van der Waals surface area (Å²) in [6.45, 7) is 10.7. The third kappa shape index (κ3) is 4.32. The van der Waals surface area contributed by atoms with Crippen molar-refractivity contribution in [2.45, 2.75) is 53.2 Å². The first-order chi connectivity index (χ1) is 9.11. The molecule has 0 unspecified atom stereocenters. The molecular weight excluding hydrogens is 234 g/mol. The van der Waals surface area contributed by atoms with Crippen molar-refractivity contribution in [1.29, 1.82) is 0 Å². The first-order valence-corrected chi connectivity index (χ1v) is 7.50. The van der Waals surface area contributed by atoms with Gasteiger partial charge in [-0.05, 0) is 54.5 Å². The SMILES string of the molecule is CCNCCC(C)(C)CCc1ccc2c(c1)COC2. The lowest BCUT2D eigenvalue weighted by molar-refractivity contribution is 0.134. The first kappa shape index (κ1) is 14.5. The van der Waals surface area contributed by atoms with Crippen molar-refractivity contribution < 1.29 is 4.74 Å². The van der Waals surface area contributed by atoms with E-state index in [4.69, 9.17) is 4.74 Å². The highest BCUT2D eigenvalue weighted by Crippen LogP contribution is 2.28. The van der Waals surface area contributed by atoms with E-state index in [1.54, 1.807) is 0 Å². The minimum Gasteiger partial charge on any atom is -0.372 e. The van der Waals surface area contributed by atoms with Gasteiger partial charge in [0, 0.05) is 0 Å². The van der Waals surface area contributed by atoms with E-state index in [9.17, 15) is 0 Å². The molecule has 0 atom stereocenters. The van der Waals surface area contributed by atoms with E-state index in [-0.39, 0.29) is 0 Å². The van der Waals surface area contributed by atoms with Crippen molar-refractivity contribution in [3.05, 3.63) is 34.9 Å². The van der Waals surface area contributed by atoms with Crippen molar-refractivity contribution in [3.8, 4) is 0 Å². The molecule has 0 fully saturated rings. The molecule has 2 rings (SSSR count). The number of aryl methyl sites for hydroxylation is 1. The number of benzene rings is 1. The molecule has 19 heavy (non-hydrogen) atoms. The van der Waals surface area contributed by atoms with Crippen LogP contribution < -0.4 is 5.32 Å². The van der Waals surface area contributed by atoms with Crippen molar-refractivity contribution >= 4 is 0 Å². The van der Waals surface area contributed by atoms with Crippen LogP contribution in [-0.2, 0) is 24.4 Å². The minimum absolute atomic E-state index is 0.414. The van der Waals surface area contributed by atoms with Gasteiger partial charge in [0.2, 0.25) is 0 Å². The van der Waals surface area contributed by atoms with E-state index in [1.807, 2.05) is 0 Å². The van der Waals surface area contributed by atoms with E-state index < -0.39 is 0 Å². The highest BCUT2D eigenvalue weighted by atomic mass is 16.5. The van der Waals surface area contributed by atoms with Crippen LogP contribution >= 0.6 is 0 Å². The van der Waals surface area contributed by atoms with Crippen LogP contribution in [0.2, 0.25) is 0 Å². The Morgan fingerprint density at radius 2 is 1.95 bits per heavy atom. The molecule has 2 heteroatoms. The van der Waals surface area contributed by atoms with Crippen LogP contribution in [0.4, 0.5) is 0 Å². The Kier molecular flexibility index (Phi) is 5.00. The lowest BCUT2D eigenvalue weighted by Gasteiger charge is -2.24. The van der Waals surface area contributed by atoms with Gasteiger partial charge in [0.15, 0.2) is 0 Å². The highest BCUT2D eigenvalue weighted by Gasteiger charge is 2.18. The molecule has 1 heterocycles. The summed E-state index contributed by atoms with van der Waals surface area (Å²) in [6.07, 6.45) is 3.67. The van der Waals surface area contributed by atoms with E-state index in [0.29, 0.717) is 5.41 Å². The summed E-state index contributed by atoms with van der Waals surface area (Å²) >= 11 is 0. The molecule has 2 nitrogen and oxygen atoms in total. The summed E-state index contributed by atoms with van der Waals surface area (Å²) in [5, 5.41) is 3.42. The Morgan fingerprint density at radius 3 is 2.74 bits per heavy atom. The van der Waals surface area contributed by atoms with E-state index in [1.165, 1.54) is 36.0 Å². The van der Waals surface area contributed by atoms with Gasteiger partial charge in [-0.25, -0.2) is 0 Å². The fourth-order valence-electron chi connectivity index (χ4n) is 2.59. The molecule has 0 saturated carbocycles. The number of hydrogen-bond acceptors (Lipinski definition) is 2. The minimum atomic E-state index is 0.414. The van der Waals surface area contributed by atoms with Gasteiger partial charge in [0.05, 0.1) is 13.2 Å². The molecule has 1 aliphatic rings. The average molecular weight is 261 g/mol. The molecule has 0 saturated heterocycles. The standard InChI is InChI=1S/C17H27NO/c1-4-18-10-9-17(2,3)8-7-14-5-6-15-12-19-13-16(15)11-14/h5-6,11,18H,4,7-10,12-13H2,1-3H3. The lowest BCUT2D eigenvalue weighted by atomic mass is 9.83. The largest absolute Gasteiger partial charge is 0.372 e. The van der Waals surface area contributed by atoms with Crippen LogP contribution in [-0.4, -0.2) is 13.1 Å². The van der Waals surface area contributed by atoms with E-state index in [0.717, 1.165) is 26.3 Å². The second kappa shape index (κ2) is 6.53. The molecule has 0 radical (unpaired) electrons. The molecule has 0 aromatic heterocycles. The van der Waals surface area contributed by atoms with Crippen LogP contribution in [0, 0.1) is 5.41 Å². The second-order valence-corrected chi connectivity index (χ2v) is 6.36. The quantitative estimate of drug-likeness (QED) is 0.756. The Balaban J connectivity index is 1.84. The predicted octanol–water partition coefficient (Wildman–Crippen LogP) is 3.68. The summed E-state index contributed by atoms with van der Waals surface area (Å²) in [4.78, 5) is 0. The maximum Gasteiger partial charge on any atom is 0.0725 e. The summed E-state index contributed by atoms with van der Waals surface area (Å²) in [5.74, 6) is 0. The molecule has 0 bridgehead atoms. The summed E-state index contributed by atoms with van der Waals surface area (Å²) in [5.41, 5.74) is 4.64. The molecule has 1 aliphatic heterocycles. The molecule has 106 valence electrons. The first-order valence-electron chi connectivity index (χ1n) is 7.50. The van der Waals surface area contributed by atoms with Gasteiger partial charge in [-0.1, -0.05) is 39.0 Å². The lowest BCUT2D eigenvalue weighted by Crippen LogP contribution is -2.22. The number of nitrogens with one attached hydrogen (secondary N) is 1. The Bertz CT molecular complexity index is 412. The predicted molar refractivity (Wildman–Crippen MR) is 80.2 cm³/mol. The molecule has 0 amide bonds. The van der Waals surface area contributed by atoms with Gasteiger partial charge >= 0.3 is 0 Å². The van der Waals surface area contributed by atoms with Gasteiger partial charge in [-0.15, -0.1) is 0 Å². The maximum atomic E-state index is 5.47. The Morgan fingerprint density at radius 1 is 1.16 bits per heavy atom. The van der Waals surface area contributed by atoms with Gasteiger partial charge < -0.3 is 10.1 Å². The van der Waals surface area contributed by atoms with E-state index in [2.05, 4.69) is 44.3 Å². The van der Waals surface area contributed by atoms with Gasteiger partial charge in [-0.3, -0.25) is 0 Å². The van der Waals surface area contributed by atoms with Gasteiger partial charge in [0.1, 0.15) is 0 Å². The zero-order chi connectivity index (χ0) is 13.7. The van der Waals surface area contributed by atoms with Crippen molar-refractivity contribution in [3.63, 3.8) is 0 Å². The smallest absolute Gasteiger partial charge is 0.0725 e. The summed E-state index contributed by atoms with van der Waals surface area (Å²) in [7, 11) is 0. The number of rotatable bonds is 7. The van der Waals surface area contributed by atoms with Crippen molar-refractivity contribution in [2.24, 2.45) is 5.41 Å². The van der Waals surface area contributed by atoms with Gasteiger partial charge in [0.25, 0.3) is 0 Å². The summed E-state index contributed by atoms with van der Waals surface area (Å²) < 4.78 is 5.47. The third-order valence-corrected chi connectivity index (χ3v) is 4.10. The van der Waals surface area contributed by atoms with Crippen LogP contribution in [0.15, 0.2) is 18.2 Å². The molecule has 0 spiro atoms. The average Bonchev–Trinajstić information content (AvgIpc) is 2.84. The molecular formula is C17H27NO. The van der Waals surface area contributed by atoms with Crippen LogP contribution in [0.1, 0.15) is 50.3 Å². The topological polar surface area (TPSA) is 21.3 Å².